The molecule has 0 radical (unpaired) electrons. The second kappa shape index (κ2) is 2.16. The van der Waals surface area contributed by atoms with Crippen LogP contribution < -0.4 is 0 Å². The summed E-state index contributed by atoms with van der Waals surface area (Å²) in [5, 5.41) is 0. The van der Waals surface area contributed by atoms with Gasteiger partial charge in [-0.15, -0.1) is 0 Å². The van der Waals surface area contributed by atoms with Crippen LogP contribution in [0.1, 0.15) is 23.7 Å². The first-order valence-electron chi connectivity index (χ1n) is 3.74. The molecule has 1 aromatic rings. The topological polar surface area (TPSA) is 25.2 Å². The van der Waals surface area contributed by atoms with Gasteiger partial charge in [-0.05, 0) is 25.5 Å². The maximum Gasteiger partial charge on any atom is 0.0821 e. The lowest BCUT2D eigenvalue weighted by molar-refractivity contribution is 1.02. The molecule has 1 aromatic heterocycles. The molecule has 0 amide bonds. The number of rotatable bonds is 0. The van der Waals surface area contributed by atoms with Crippen LogP contribution in [-0.4, -0.2) is 10.7 Å². The summed E-state index contributed by atoms with van der Waals surface area (Å²) in [7, 11) is 0. The van der Waals surface area contributed by atoms with Crippen LogP contribution in [0.15, 0.2) is 17.3 Å². The quantitative estimate of drug-likeness (QED) is 0.547. The highest BCUT2D eigenvalue weighted by atomic mass is 14.8. The van der Waals surface area contributed by atoms with E-state index in [-0.39, 0.29) is 0 Å². The van der Waals surface area contributed by atoms with Crippen molar-refractivity contribution in [1.29, 1.82) is 0 Å². The molecular weight excluding hydrogens is 136 g/mol. The monoisotopic (exact) mass is 146 g/mol. The minimum atomic E-state index is 0.765. The molecule has 0 N–H and O–H groups in total. The number of aryl methyl sites for hydroxylation is 1. The first-order valence-corrected chi connectivity index (χ1v) is 3.74. The van der Waals surface area contributed by atoms with E-state index in [1.165, 1.54) is 11.1 Å². The number of aromatic nitrogens is 1. The van der Waals surface area contributed by atoms with Gasteiger partial charge in [-0.2, -0.15) is 0 Å². The van der Waals surface area contributed by atoms with E-state index >= 15 is 0 Å². The molecule has 1 aliphatic rings. The maximum atomic E-state index is 4.30. The molecule has 56 valence electrons. The largest absolute Gasteiger partial charge is 0.283 e. The summed E-state index contributed by atoms with van der Waals surface area (Å²) in [6.45, 7) is 4.85. The number of fused-ring (bicyclic) bond motifs is 1. The highest BCUT2D eigenvalue weighted by Gasteiger charge is 2.12. The zero-order chi connectivity index (χ0) is 7.84. The van der Waals surface area contributed by atoms with E-state index < -0.39 is 0 Å². The SMILES string of the molecule is CC1=NCc2ncc(C)cc21. The molecule has 0 bridgehead atoms. The average molecular weight is 146 g/mol. The van der Waals surface area contributed by atoms with Crippen molar-refractivity contribution in [2.75, 3.05) is 0 Å². The summed E-state index contributed by atoms with van der Waals surface area (Å²) < 4.78 is 0. The molecule has 0 spiro atoms. The number of hydrogen-bond acceptors (Lipinski definition) is 2. The number of pyridine rings is 1. The highest BCUT2D eigenvalue weighted by molar-refractivity contribution is 6.01. The maximum absolute atomic E-state index is 4.30. The van der Waals surface area contributed by atoms with Gasteiger partial charge >= 0.3 is 0 Å². The van der Waals surface area contributed by atoms with Gasteiger partial charge in [0.25, 0.3) is 0 Å². The van der Waals surface area contributed by atoms with Crippen LogP contribution >= 0.6 is 0 Å². The standard InChI is InChI=1S/C9H10N2/c1-6-3-8-7(2)10-5-9(8)11-4-6/h3-4H,5H2,1-2H3. The van der Waals surface area contributed by atoms with Gasteiger partial charge in [0, 0.05) is 17.5 Å². The van der Waals surface area contributed by atoms with E-state index in [0.29, 0.717) is 0 Å². The Labute approximate surface area is 66.0 Å². The minimum Gasteiger partial charge on any atom is -0.283 e. The third kappa shape index (κ3) is 0.946. The summed E-state index contributed by atoms with van der Waals surface area (Å²) in [6.07, 6.45) is 1.90. The van der Waals surface area contributed by atoms with Crippen molar-refractivity contribution >= 4 is 5.71 Å². The number of aliphatic imine (C=N–C) groups is 1. The fourth-order valence-corrected chi connectivity index (χ4v) is 1.32. The van der Waals surface area contributed by atoms with Crippen molar-refractivity contribution < 1.29 is 0 Å². The Morgan fingerprint density at radius 2 is 2.18 bits per heavy atom. The Bertz CT molecular complexity index is 326. The molecular formula is C9H10N2. The summed E-state index contributed by atoms with van der Waals surface area (Å²) in [5.41, 5.74) is 4.68. The lowest BCUT2D eigenvalue weighted by Gasteiger charge is -1.98. The Balaban J connectivity index is 2.60. The van der Waals surface area contributed by atoms with Gasteiger partial charge in [0.2, 0.25) is 0 Å². The molecule has 0 aromatic carbocycles. The molecule has 0 aliphatic carbocycles. The van der Waals surface area contributed by atoms with E-state index in [0.717, 1.165) is 18.0 Å². The summed E-state index contributed by atoms with van der Waals surface area (Å²) in [5.74, 6) is 0. The third-order valence-corrected chi connectivity index (χ3v) is 1.96. The van der Waals surface area contributed by atoms with Crippen LogP contribution in [0.4, 0.5) is 0 Å². The van der Waals surface area contributed by atoms with Gasteiger partial charge in [-0.3, -0.25) is 9.98 Å². The van der Waals surface area contributed by atoms with Crippen molar-refractivity contribution in [3.63, 3.8) is 0 Å². The second-order valence-electron chi connectivity index (χ2n) is 2.91. The smallest absolute Gasteiger partial charge is 0.0821 e. The van der Waals surface area contributed by atoms with Gasteiger partial charge < -0.3 is 0 Å². The van der Waals surface area contributed by atoms with Crippen molar-refractivity contribution in [2.24, 2.45) is 4.99 Å². The normalized spacial score (nSPS) is 14.5. The van der Waals surface area contributed by atoms with Gasteiger partial charge in [0.1, 0.15) is 0 Å². The van der Waals surface area contributed by atoms with E-state index in [2.05, 4.69) is 23.0 Å². The summed E-state index contributed by atoms with van der Waals surface area (Å²) in [4.78, 5) is 8.59. The van der Waals surface area contributed by atoms with E-state index in [4.69, 9.17) is 0 Å². The predicted octanol–water partition coefficient (Wildman–Crippen LogP) is 1.71. The summed E-state index contributed by atoms with van der Waals surface area (Å²) >= 11 is 0. The average Bonchev–Trinajstić information content (AvgIpc) is 2.33. The molecule has 2 nitrogen and oxygen atoms in total. The Kier molecular flexibility index (Phi) is 1.28. The van der Waals surface area contributed by atoms with Crippen LogP contribution in [0.2, 0.25) is 0 Å². The predicted molar refractivity (Wildman–Crippen MR) is 44.9 cm³/mol. The first-order chi connectivity index (χ1) is 5.27. The molecule has 0 saturated heterocycles. The molecule has 0 atom stereocenters. The summed E-state index contributed by atoms with van der Waals surface area (Å²) in [6, 6.07) is 2.15. The van der Waals surface area contributed by atoms with Crippen molar-refractivity contribution in [3.05, 3.63) is 29.1 Å². The van der Waals surface area contributed by atoms with Gasteiger partial charge in [-0.1, -0.05) is 0 Å². The molecule has 2 heteroatoms. The zero-order valence-corrected chi connectivity index (χ0v) is 6.76. The second-order valence-corrected chi connectivity index (χ2v) is 2.91. The Hall–Kier alpha value is -1.18. The van der Waals surface area contributed by atoms with Crippen LogP contribution in [0.25, 0.3) is 0 Å². The molecule has 2 heterocycles. The lowest BCUT2D eigenvalue weighted by atomic mass is 10.1. The van der Waals surface area contributed by atoms with Crippen molar-refractivity contribution in [2.45, 2.75) is 20.4 Å². The van der Waals surface area contributed by atoms with E-state index in [9.17, 15) is 0 Å². The third-order valence-electron chi connectivity index (χ3n) is 1.96. The molecule has 0 unspecified atom stereocenters. The molecule has 11 heavy (non-hydrogen) atoms. The number of hydrogen-bond donors (Lipinski definition) is 0. The van der Waals surface area contributed by atoms with E-state index in [1.54, 1.807) is 0 Å². The molecule has 0 fully saturated rings. The molecule has 1 aliphatic heterocycles. The Morgan fingerprint density at radius 1 is 1.36 bits per heavy atom. The molecule has 2 rings (SSSR count). The van der Waals surface area contributed by atoms with Crippen molar-refractivity contribution in [3.8, 4) is 0 Å². The fourth-order valence-electron chi connectivity index (χ4n) is 1.32. The van der Waals surface area contributed by atoms with Gasteiger partial charge in [-0.25, -0.2) is 0 Å². The van der Waals surface area contributed by atoms with Gasteiger partial charge in [0.15, 0.2) is 0 Å². The minimum absolute atomic E-state index is 0.765. The van der Waals surface area contributed by atoms with Crippen LogP contribution in [0, 0.1) is 6.92 Å². The fraction of sp³-hybridized carbons (Fsp3) is 0.333. The lowest BCUT2D eigenvalue weighted by Crippen LogP contribution is -1.94. The van der Waals surface area contributed by atoms with Crippen LogP contribution in [-0.2, 0) is 6.54 Å². The van der Waals surface area contributed by atoms with Crippen molar-refractivity contribution in [1.82, 2.24) is 4.98 Å². The van der Waals surface area contributed by atoms with Crippen LogP contribution in [0.3, 0.4) is 0 Å². The van der Waals surface area contributed by atoms with Crippen LogP contribution in [0.5, 0.6) is 0 Å². The van der Waals surface area contributed by atoms with Gasteiger partial charge in [0.05, 0.1) is 12.2 Å². The number of nitrogens with zero attached hydrogens (tertiary/aromatic N) is 2. The first kappa shape index (κ1) is 6.53. The zero-order valence-electron chi connectivity index (χ0n) is 6.76. The Morgan fingerprint density at radius 3 is 3.00 bits per heavy atom. The highest BCUT2D eigenvalue weighted by Crippen LogP contribution is 2.16. The van der Waals surface area contributed by atoms with E-state index in [1.807, 2.05) is 13.1 Å². The molecule has 0 saturated carbocycles.